The Hall–Kier alpha value is -4.90. The molecule has 1 unspecified atom stereocenters. The summed E-state index contributed by atoms with van der Waals surface area (Å²) >= 11 is 7.84. The Balaban J connectivity index is 1.39. The van der Waals surface area contributed by atoms with Gasteiger partial charge in [-0.25, -0.2) is 4.79 Å². The quantitative estimate of drug-likeness (QED) is 0.265. The number of hydrogen-bond acceptors (Lipinski definition) is 6. The Labute approximate surface area is 251 Å². The van der Waals surface area contributed by atoms with Crippen molar-refractivity contribution in [3.8, 4) is 28.7 Å². The van der Waals surface area contributed by atoms with Gasteiger partial charge in [-0.2, -0.15) is 0 Å². The van der Waals surface area contributed by atoms with Crippen molar-refractivity contribution in [3.05, 3.63) is 92.3 Å². The molecule has 3 N–H and O–H groups in total. The fraction of sp³-hybridized carbons (Fsp3) is 0.194. The van der Waals surface area contributed by atoms with Crippen LogP contribution < -0.4 is 10.6 Å². The van der Waals surface area contributed by atoms with E-state index in [-0.39, 0.29) is 18.9 Å². The number of carbonyl (C=O) groups excluding carboxylic acids is 1. The number of amides is 2. The van der Waals surface area contributed by atoms with E-state index in [1.807, 2.05) is 35.8 Å². The van der Waals surface area contributed by atoms with Crippen LogP contribution in [0.1, 0.15) is 51.2 Å². The smallest absolute Gasteiger partial charge is 0.405 e. The van der Waals surface area contributed by atoms with E-state index in [0.29, 0.717) is 22.1 Å². The van der Waals surface area contributed by atoms with Gasteiger partial charge in [-0.05, 0) is 74.6 Å². The molecular weight excluding hydrogens is 572 g/mol. The molecule has 1 aliphatic rings. The fourth-order valence-corrected chi connectivity index (χ4v) is 5.81. The lowest BCUT2D eigenvalue weighted by atomic mass is 9.99. The van der Waals surface area contributed by atoms with Crippen LogP contribution in [-0.4, -0.2) is 44.1 Å². The molecule has 0 bridgehead atoms. The molecule has 42 heavy (non-hydrogen) atoms. The summed E-state index contributed by atoms with van der Waals surface area (Å²) < 4.78 is 2.01. The van der Waals surface area contributed by atoms with E-state index >= 15 is 0 Å². The number of carboxylic acid groups (broad SMARTS) is 1. The molecule has 2 aromatic heterocycles. The topological polar surface area (TPSA) is 122 Å². The number of benzene rings is 2. The second-order valence-electron chi connectivity index (χ2n) is 9.44. The van der Waals surface area contributed by atoms with Crippen molar-refractivity contribution in [1.29, 1.82) is 0 Å². The standard InChI is InChI=1S/C31H25ClN6O3S/c1-18-19(2)42-30-27(18)28(22-10-12-23(32)13-11-22)35-25(29-37-36-20(3)38(29)30)17-26(39)34-24-14-8-21(9-15-24)7-5-4-6-16-33-31(40)41/h8-15,25,33H,16-17H2,1-3H3,(H,34,39)(H,40,41). The summed E-state index contributed by atoms with van der Waals surface area (Å²) in [4.78, 5) is 30.0. The number of carbonyl (C=O) groups is 2. The molecule has 0 spiro atoms. The molecule has 5 rings (SSSR count). The van der Waals surface area contributed by atoms with Crippen molar-refractivity contribution in [1.82, 2.24) is 20.1 Å². The third-order valence-electron chi connectivity index (χ3n) is 6.59. The molecule has 0 aliphatic carbocycles. The maximum Gasteiger partial charge on any atom is 0.405 e. The van der Waals surface area contributed by atoms with Crippen molar-refractivity contribution < 1.29 is 14.7 Å². The Kier molecular flexibility index (Phi) is 8.39. The normalized spacial score (nSPS) is 13.2. The van der Waals surface area contributed by atoms with Crippen LogP contribution in [0.2, 0.25) is 5.02 Å². The average Bonchev–Trinajstić information content (AvgIpc) is 3.43. The van der Waals surface area contributed by atoms with Crippen molar-refractivity contribution in [2.24, 2.45) is 4.99 Å². The molecule has 9 nitrogen and oxygen atoms in total. The largest absolute Gasteiger partial charge is 0.465 e. The number of thiophene rings is 1. The predicted octanol–water partition coefficient (Wildman–Crippen LogP) is 5.45. The van der Waals surface area contributed by atoms with E-state index in [4.69, 9.17) is 21.7 Å². The van der Waals surface area contributed by atoms with Gasteiger partial charge in [0.25, 0.3) is 0 Å². The van der Waals surface area contributed by atoms with Crippen molar-refractivity contribution in [3.63, 3.8) is 0 Å². The van der Waals surface area contributed by atoms with Crippen LogP contribution in [0.5, 0.6) is 0 Å². The number of aryl methyl sites for hydroxylation is 2. The van der Waals surface area contributed by atoms with E-state index in [1.165, 1.54) is 4.88 Å². The highest BCUT2D eigenvalue weighted by atomic mass is 35.5. The van der Waals surface area contributed by atoms with Gasteiger partial charge in [0, 0.05) is 32.3 Å². The van der Waals surface area contributed by atoms with Crippen LogP contribution in [-0.2, 0) is 4.79 Å². The van der Waals surface area contributed by atoms with E-state index in [1.54, 1.807) is 35.6 Å². The fourth-order valence-electron chi connectivity index (χ4n) is 4.47. The molecule has 3 heterocycles. The number of halogens is 1. The highest BCUT2D eigenvalue weighted by molar-refractivity contribution is 7.15. The number of fused-ring (bicyclic) bond motifs is 3. The molecule has 0 radical (unpaired) electrons. The summed E-state index contributed by atoms with van der Waals surface area (Å²) in [6.07, 6.45) is -1.08. The van der Waals surface area contributed by atoms with Crippen LogP contribution in [0, 0.1) is 44.5 Å². The summed E-state index contributed by atoms with van der Waals surface area (Å²) in [5.74, 6) is 11.9. The second kappa shape index (κ2) is 12.3. The summed E-state index contributed by atoms with van der Waals surface area (Å²) in [5.41, 5.74) is 5.14. The summed E-state index contributed by atoms with van der Waals surface area (Å²) in [5, 5.41) is 24.0. The minimum absolute atomic E-state index is 0.00453. The third-order valence-corrected chi connectivity index (χ3v) is 8.03. The highest BCUT2D eigenvalue weighted by Crippen LogP contribution is 2.39. The van der Waals surface area contributed by atoms with Gasteiger partial charge in [-0.1, -0.05) is 35.6 Å². The van der Waals surface area contributed by atoms with Gasteiger partial charge in [0.1, 0.15) is 16.9 Å². The Morgan fingerprint density at radius 1 is 1.05 bits per heavy atom. The molecule has 2 amide bonds. The maximum atomic E-state index is 13.3. The number of nitrogens with zero attached hydrogens (tertiary/aromatic N) is 4. The predicted molar refractivity (Wildman–Crippen MR) is 164 cm³/mol. The molecule has 11 heteroatoms. The van der Waals surface area contributed by atoms with Crippen molar-refractivity contribution in [2.45, 2.75) is 33.2 Å². The molecule has 4 aromatic rings. The summed E-state index contributed by atoms with van der Waals surface area (Å²) in [7, 11) is 0. The van der Waals surface area contributed by atoms with Gasteiger partial charge in [-0.15, -0.1) is 21.5 Å². The molecule has 2 aromatic carbocycles. The van der Waals surface area contributed by atoms with Gasteiger partial charge < -0.3 is 15.7 Å². The van der Waals surface area contributed by atoms with E-state index in [9.17, 15) is 9.59 Å². The zero-order valence-corrected chi connectivity index (χ0v) is 24.5. The van der Waals surface area contributed by atoms with Crippen LogP contribution in [0.25, 0.3) is 5.00 Å². The third kappa shape index (κ3) is 6.21. The number of hydrogen-bond donors (Lipinski definition) is 3. The average molecular weight is 597 g/mol. The number of aliphatic imine (C=N–C) groups is 1. The lowest BCUT2D eigenvalue weighted by Gasteiger charge is -2.13. The first-order valence-electron chi connectivity index (χ1n) is 12.9. The van der Waals surface area contributed by atoms with Gasteiger partial charge in [0.05, 0.1) is 18.7 Å². The first kappa shape index (κ1) is 28.6. The van der Waals surface area contributed by atoms with Crippen LogP contribution in [0.4, 0.5) is 10.5 Å². The number of anilines is 1. The Bertz CT molecular complexity index is 1830. The van der Waals surface area contributed by atoms with Crippen molar-refractivity contribution >= 4 is 46.3 Å². The monoisotopic (exact) mass is 596 g/mol. The Morgan fingerprint density at radius 2 is 1.79 bits per heavy atom. The molecule has 1 aliphatic heterocycles. The summed E-state index contributed by atoms with van der Waals surface area (Å²) in [6.45, 7) is 6.07. The zero-order chi connectivity index (χ0) is 29.8. The minimum Gasteiger partial charge on any atom is -0.465 e. The SMILES string of the molecule is Cc1sc2c(c1C)C(c1ccc(Cl)cc1)=NC(CC(=O)Nc1ccc(C#CC#CCNC(=O)O)cc1)c1nnc(C)n1-2. The highest BCUT2D eigenvalue weighted by Gasteiger charge is 2.32. The molecular formula is C31H25ClN6O3S. The van der Waals surface area contributed by atoms with Gasteiger partial charge >= 0.3 is 6.09 Å². The van der Waals surface area contributed by atoms with E-state index in [0.717, 1.165) is 33.2 Å². The van der Waals surface area contributed by atoms with Crippen molar-refractivity contribution in [2.75, 3.05) is 11.9 Å². The van der Waals surface area contributed by atoms with Gasteiger partial charge in [0.15, 0.2) is 5.82 Å². The van der Waals surface area contributed by atoms with E-state index < -0.39 is 12.1 Å². The molecule has 210 valence electrons. The molecule has 1 atom stereocenters. The Morgan fingerprint density at radius 3 is 2.50 bits per heavy atom. The van der Waals surface area contributed by atoms with E-state index in [2.05, 4.69) is 58.4 Å². The van der Waals surface area contributed by atoms with Gasteiger partial charge in [0.2, 0.25) is 5.91 Å². The zero-order valence-electron chi connectivity index (χ0n) is 22.9. The first-order valence-corrected chi connectivity index (χ1v) is 14.1. The van der Waals surface area contributed by atoms with Crippen LogP contribution in [0.15, 0.2) is 53.5 Å². The number of nitrogens with one attached hydrogen (secondary N) is 2. The number of rotatable bonds is 5. The van der Waals surface area contributed by atoms with Gasteiger partial charge in [-0.3, -0.25) is 14.4 Å². The molecule has 0 saturated heterocycles. The van der Waals surface area contributed by atoms with Crippen LogP contribution in [0.3, 0.4) is 0 Å². The summed E-state index contributed by atoms with van der Waals surface area (Å²) in [6, 6.07) is 14.0. The minimum atomic E-state index is -1.14. The maximum absolute atomic E-state index is 13.3. The lowest BCUT2D eigenvalue weighted by Crippen LogP contribution is -2.20. The van der Waals surface area contributed by atoms with Crippen LogP contribution >= 0.6 is 22.9 Å². The lowest BCUT2D eigenvalue weighted by molar-refractivity contribution is -0.116. The molecule has 0 fully saturated rings. The first-order chi connectivity index (χ1) is 20.2. The molecule has 0 saturated carbocycles. The number of aromatic nitrogens is 3. The second-order valence-corrected chi connectivity index (χ2v) is 11.1.